The Morgan fingerprint density at radius 3 is 2.74 bits per heavy atom. The number of rotatable bonds is 5. The molecule has 0 aliphatic rings. The first-order valence-corrected chi connectivity index (χ1v) is 6.46. The maximum atomic E-state index is 11.5. The van der Waals surface area contributed by atoms with E-state index in [2.05, 4.69) is 25.5 Å². The quantitative estimate of drug-likeness (QED) is 0.382. The van der Waals surface area contributed by atoms with Gasteiger partial charge in [-0.25, -0.2) is 15.4 Å². The summed E-state index contributed by atoms with van der Waals surface area (Å²) in [5.74, 6) is -0.00605. The van der Waals surface area contributed by atoms with Crippen molar-refractivity contribution < 1.29 is 4.79 Å². The van der Waals surface area contributed by atoms with Crippen LogP contribution in [0.3, 0.4) is 0 Å². The smallest absolute Gasteiger partial charge is 0.250 e. The number of pyridine rings is 1. The van der Waals surface area contributed by atoms with Crippen molar-refractivity contribution >= 4 is 23.9 Å². The van der Waals surface area contributed by atoms with Gasteiger partial charge in [0.25, 0.3) is 5.91 Å². The second kappa shape index (κ2) is 7.22. The van der Waals surface area contributed by atoms with Gasteiger partial charge in [-0.2, -0.15) is 5.10 Å². The molecule has 2 heterocycles. The van der Waals surface area contributed by atoms with Crippen molar-refractivity contribution in [2.45, 2.75) is 5.16 Å². The van der Waals surface area contributed by atoms with Gasteiger partial charge in [0.2, 0.25) is 0 Å². The number of carbonyl (C=O) groups is 1. The number of thioether (sulfide) groups is 1. The third kappa shape index (κ3) is 4.84. The van der Waals surface area contributed by atoms with Crippen LogP contribution in [0.1, 0.15) is 5.69 Å². The summed E-state index contributed by atoms with van der Waals surface area (Å²) in [4.78, 5) is 23.5. The van der Waals surface area contributed by atoms with Crippen LogP contribution < -0.4 is 5.43 Å². The standard InChI is InChI=1S/C12H11N5OS/c18-11(9-19-12-14-6-3-7-15-12)17-16-8-10-4-1-2-5-13-10/h1-8H,9H2,(H,17,18). The molecule has 1 N–H and O–H groups in total. The van der Waals surface area contributed by atoms with Crippen LogP contribution in [0, 0.1) is 0 Å². The van der Waals surface area contributed by atoms with Crippen molar-refractivity contribution in [2.75, 3.05) is 5.75 Å². The summed E-state index contributed by atoms with van der Waals surface area (Å²) < 4.78 is 0. The number of nitrogens with zero attached hydrogens (tertiary/aromatic N) is 4. The minimum absolute atomic E-state index is 0.212. The van der Waals surface area contributed by atoms with Crippen LogP contribution in [0.25, 0.3) is 0 Å². The van der Waals surface area contributed by atoms with E-state index in [1.165, 1.54) is 18.0 Å². The molecule has 6 nitrogen and oxygen atoms in total. The van der Waals surface area contributed by atoms with Gasteiger partial charge in [-0.1, -0.05) is 17.8 Å². The summed E-state index contributed by atoms with van der Waals surface area (Å²) in [5, 5.41) is 4.37. The molecule has 0 radical (unpaired) electrons. The van der Waals surface area contributed by atoms with Crippen molar-refractivity contribution in [2.24, 2.45) is 5.10 Å². The molecule has 0 aromatic carbocycles. The monoisotopic (exact) mass is 273 g/mol. The summed E-state index contributed by atoms with van der Waals surface area (Å²) in [6.07, 6.45) is 6.41. The predicted octanol–water partition coefficient (Wildman–Crippen LogP) is 1.11. The molecular weight excluding hydrogens is 262 g/mol. The van der Waals surface area contributed by atoms with Gasteiger partial charge in [0.05, 0.1) is 17.7 Å². The molecule has 2 aromatic heterocycles. The lowest BCUT2D eigenvalue weighted by Gasteiger charge is -1.98. The van der Waals surface area contributed by atoms with Crippen LogP contribution in [-0.2, 0) is 4.79 Å². The number of carbonyl (C=O) groups excluding carboxylic acids is 1. The van der Waals surface area contributed by atoms with E-state index in [1.807, 2.05) is 12.1 Å². The molecule has 0 fully saturated rings. The number of nitrogens with one attached hydrogen (secondary N) is 1. The van der Waals surface area contributed by atoms with Crippen LogP contribution in [0.2, 0.25) is 0 Å². The number of hydrazone groups is 1. The molecule has 0 saturated heterocycles. The third-order valence-electron chi connectivity index (χ3n) is 1.95. The van der Waals surface area contributed by atoms with Crippen molar-refractivity contribution in [1.29, 1.82) is 0 Å². The molecule has 0 saturated carbocycles. The number of aromatic nitrogens is 3. The molecule has 0 unspecified atom stereocenters. The Labute approximate surface area is 114 Å². The van der Waals surface area contributed by atoms with E-state index in [9.17, 15) is 4.79 Å². The zero-order valence-electron chi connectivity index (χ0n) is 9.93. The summed E-state index contributed by atoms with van der Waals surface area (Å²) in [6.45, 7) is 0. The van der Waals surface area contributed by atoms with Gasteiger partial charge >= 0.3 is 0 Å². The number of hydrogen-bond acceptors (Lipinski definition) is 6. The summed E-state index contributed by atoms with van der Waals surface area (Å²) in [5.41, 5.74) is 3.10. The van der Waals surface area contributed by atoms with Gasteiger partial charge in [-0.15, -0.1) is 0 Å². The van der Waals surface area contributed by atoms with Gasteiger partial charge in [-0.3, -0.25) is 9.78 Å². The van der Waals surface area contributed by atoms with Crippen molar-refractivity contribution in [3.8, 4) is 0 Å². The lowest BCUT2D eigenvalue weighted by atomic mass is 10.4. The first-order chi connectivity index (χ1) is 9.34. The Balaban J connectivity index is 1.75. The molecule has 0 aliphatic carbocycles. The first-order valence-electron chi connectivity index (χ1n) is 5.47. The second-order valence-electron chi connectivity index (χ2n) is 3.37. The highest BCUT2D eigenvalue weighted by atomic mass is 32.2. The van der Waals surface area contributed by atoms with E-state index in [1.54, 1.807) is 30.7 Å². The number of hydrogen-bond donors (Lipinski definition) is 1. The second-order valence-corrected chi connectivity index (χ2v) is 4.31. The van der Waals surface area contributed by atoms with E-state index < -0.39 is 0 Å². The fourth-order valence-electron chi connectivity index (χ4n) is 1.15. The molecule has 96 valence electrons. The molecule has 0 aliphatic heterocycles. The molecule has 2 aromatic rings. The van der Waals surface area contributed by atoms with Crippen LogP contribution in [0.15, 0.2) is 53.1 Å². The Morgan fingerprint density at radius 2 is 2.00 bits per heavy atom. The van der Waals surface area contributed by atoms with Crippen LogP contribution in [0.5, 0.6) is 0 Å². The molecule has 0 spiro atoms. The Bertz CT molecular complexity index is 547. The van der Waals surface area contributed by atoms with Gasteiger partial charge in [0.1, 0.15) is 0 Å². The SMILES string of the molecule is O=C(CSc1ncccn1)NN=Cc1ccccn1. The van der Waals surface area contributed by atoms with E-state index in [4.69, 9.17) is 0 Å². The maximum Gasteiger partial charge on any atom is 0.250 e. The third-order valence-corrected chi connectivity index (χ3v) is 2.82. The Morgan fingerprint density at radius 1 is 1.21 bits per heavy atom. The zero-order chi connectivity index (χ0) is 13.3. The molecular formula is C12H11N5OS. The Kier molecular flexibility index (Phi) is 5.00. The molecule has 19 heavy (non-hydrogen) atoms. The zero-order valence-corrected chi connectivity index (χ0v) is 10.7. The van der Waals surface area contributed by atoms with Crippen LogP contribution in [-0.4, -0.2) is 32.8 Å². The minimum Gasteiger partial charge on any atom is -0.272 e. The normalized spacial score (nSPS) is 10.5. The van der Waals surface area contributed by atoms with Gasteiger partial charge in [0.15, 0.2) is 5.16 Å². The Hall–Kier alpha value is -2.28. The topological polar surface area (TPSA) is 80.1 Å². The first kappa shape index (κ1) is 13.2. The van der Waals surface area contributed by atoms with E-state index in [0.717, 1.165) is 0 Å². The van der Waals surface area contributed by atoms with Crippen LogP contribution >= 0.6 is 11.8 Å². The molecule has 7 heteroatoms. The van der Waals surface area contributed by atoms with Crippen molar-refractivity contribution in [3.05, 3.63) is 48.5 Å². The fraction of sp³-hybridized carbons (Fsp3) is 0.0833. The fourth-order valence-corrected chi connectivity index (χ4v) is 1.74. The number of amides is 1. The van der Waals surface area contributed by atoms with Gasteiger partial charge < -0.3 is 0 Å². The summed E-state index contributed by atoms with van der Waals surface area (Å²) in [7, 11) is 0. The van der Waals surface area contributed by atoms with Gasteiger partial charge in [0, 0.05) is 18.6 Å². The van der Waals surface area contributed by atoms with Crippen LogP contribution in [0.4, 0.5) is 0 Å². The maximum absolute atomic E-state index is 11.5. The van der Waals surface area contributed by atoms with E-state index in [0.29, 0.717) is 10.9 Å². The minimum atomic E-state index is -0.218. The highest BCUT2D eigenvalue weighted by molar-refractivity contribution is 7.99. The summed E-state index contributed by atoms with van der Waals surface area (Å²) >= 11 is 1.25. The highest BCUT2D eigenvalue weighted by Crippen LogP contribution is 2.09. The average Bonchev–Trinajstić information content (AvgIpc) is 2.47. The largest absolute Gasteiger partial charge is 0.272 e. The van der Waals surface area contributed by atoms with Gasteiger partial charge in [-0.05, 0) is 18.2 Å². The van der Waals surface area contributed by atoms with E-state index >= 15 is 0 Å². The van der Waals surface area contributed by atoms with Crippen molar-refractivity contribution in [3.63, 3.8) is 0 Å². The lowest BCUT2D eigenvalue weighted by Crippen LogP contribution is -2.19. The van der Waals surface area contributed by atoms with E-state index in [-0.39, 0.29) is 11.7 Å². The molecule has 2 rings (SSSR count). The van der Waals surface area contributed by atoms with Crippen molar-refractivity contribution in [1.82, 2.24) is 20.4 Å². The summed E-state index contributed by atoms with van der Waals surface area (Å²) in [6, 6.07) is 7.18. The highest BCUT2D eigenvalue weighted by Gasteiger charge is 2.02. The molecule has 1 amide bonds. The predicted molar refractivity (Wildman–Crippen MR) is 72.7 cm³/mol. The molecule has 0 atom stereocenters. The average molecular weight is 273 g/mol. The lowest BCUT2D eigenvalue weighted by molar-refractivity contribution is -0.118. The molecule has 0 bridgehead atoms.